The van der Waals surface area contributed by atoms with Gasteiger partial charge in [-0.3, -0.25) is 0 Å². The van der Waals surface area contributed by atoms with E-state index in [9.17, 15) is 5.26 Å². The van der Waals surface area contributed by atoms with Gasteiger partial charge in [0.15, 0.2) is 5.82 Å². The van der Waals surface area contributed by atoms with Crippen molar-refractivity contribution in [3.8, 4) is 17.5 Å². The van der Waals surface area contributed by atoms with Gasteiger partial charge in [-0.1, -0.05) is 109 Å². The number of aromatic nitrogens is 2. The number of rotatable bonds is 15. The van der Waals surface area contributed by atoms with E-state index in [4.69, 9.17) is 9.97 Å². The SMILES string of the molecule is CCCCCCCC[C@]1(C#N)CC[C@H](c2ccc(-c3ncc([C@H]4CC[C@H](CCCCCC)CC4)cn3)cc2)CC1. The molecule has 0 unspecified atom stereocenters. The summed E-state index contributed by atoms with van der Waals surface area (Å²) in [5.74, 6) is 2.99. The molecule has 218 valence electrons. The van der Waals surface area contributed by atoms with Crippen LogP contribution in [0.2, 0.25) is 0 Å². The van der Waals surface area contributed by atoms with Crippen LogP contribution in [0.5, 0.6) is 0 Å². The van der Waals surface area contributed by atoms with Crippen LogP contribution in [0.4, 0.5) is 0 Å². The van der Waals surface area contributed by atoms with E-state index in [1.807, 2.05) is 0 Å². The molecule has 0 atom stereocenters. The highest BCUT2D eigenvalue weighted by molar-refractivity contribution is 5.55. The first-order chi connectivity index (χ1) is 19.7. The van der Waals surface area contributed by atoms with Crippen molar-refractivity contribution in [2.75, 3.05) is 0 Å². The minimum Gasteiger partial charge on any atom is -0.236 e. The fourth-order valence-corrected chi connectivity index (χ4v) is 7.41. The Kier molecular flexibility index (Phi) is 12.5. The maximum Gasteiger partial charge on any atom is 0.159 e. The molecule has 1 aromatic heterocycles. The first-order valence-corrected chi connectivity index (χ1v) is 17.0. The summed E-state index contributed by atoms with van der Waals surface area (Å²) >= 11 is 0. The summed E-state index contributed by atoms with van der Waals surface area (Å²) in [4.78, 5) is 9.58. The summed E-state index contributed by atoms with van der Waals surface area (Å²) in [5, 5.41) is 10.00. The Labute approximate surface area is 245 Å². The Morgan fingerprint density at radius 3 is 1.90 bits per heavy atom. The molecule has 0 aliphatic heterocycles. The van der Waals surface area contributed by atoms with E-state index >= 15 is 0 Å². The molecular weight excluding hydrogens is 486 g/mol. The molecule has 0 N–H and O–H groups in total. The van der Waals surface area contributed by atoms with E-state index < -0.39 is 0 Å². The second-order valence-electron chi connectivity index (χ2n) is 13.2. The van der Waals surface area contributed by atoms with Gasteiger partial charge in [-0.05, 0) is 86.7 Å². The zero-order valence-corrected chi connectivity index (χ0v) is 25.7. The molecule has 0 bridgehead atoms. The molecule has 0 amide bonds. The van der Waals surface area contributed by atoms with Crippen LogP contribution in [0.3, 0.4) is 0 Å². The van der Waals surface area contributed by atoms with Gasteiger partial charge in [0, 0.05) is 18.0 Å². The smallest absolute Gasteiger partial charge is 0.159 e. The molecule has 3 heteroatoms. The molecule has 0 spiro atoms. The molecular formula is C37H55N3. The van der Waals surface area contributed by atoms with Crippen molar-refractivity contribution in [3.05, 3.63) is 47.8 Å². The first-order valence-electron chi connectivity index (χ1n) is 17.0. The van der Waals surface area contributed by atoms with Crippen LogP contribution in [0, 0.1) is 22.7 Å². The largest absolute Gasteiger partial charge is 0.236 e. The van der Waals surface area contributed by atoms with Gasteiger partial charge >= 0.3 is 0 Å². The van der Waals surface area contributed by atoms with Crippen molar-refractivity contribution in [1.82, 2.24) is 9.97 Å². The third kappa shape index (κ3) is 8.89. The predicted molar refractivity (Wildman–Crippen MR) is 168 cm³/mol. The van der Waals surface area contributed by atoms with Gasteiger partial charge < -0.3 is 0 Å². The van der Waals surface area contributed by atoms with Crippen LogP contribution in [0.15, 0.2) is 36.7 Å². The fourth-order valence-electron chi connectivity index (χ4n) is 7.41. The molecule has 1 heterocycles. The van der Waals surface area contributed by atoms with Gasteiger partial charge in [-0.15, -0.1) is 0 Å². The summed E-state index contributed by atoms with van der Waals surface area (Å²) in [6.07, 6.45) is 29.8. The molecule has 4 rings (SSSR count). The maximum absolute atomic E-state index is 10.00. The number of nitrogens with zero attached hydrogens (tertiary/aromatic N) is 3. The van der Waals surface area contributed by atoms with E-state index in [1.165, 1.54) is 107 Å². The summed E-state index contributed by atoms with van der Waals surface area (Å²) in [6.45, 7) is 4.56. The highest BCUT2D eigenvalue weighted by Gasteiger charge is 2.35. The van der Waals surface area contributed by atoms with Gasteiger partial charge in [-0.25, -0.2) is 9.97 Å². The van der Waals surface area contributed by atoms with Gasteiger partial charge in [0.1, 0.15) is 0 Å². The van der Waals surface area contributed by atoms with Gasteiger partial charge in [0.25, 0.3) is 0 Å². The second-order valence-corrected chi connectivity index (χ2v) is 13.2. The lowest BCUT2D eigenvalue weighted by Gasteiger charge is -2.35. The summed E-state index contributed by atoms with van der Waals surface area (Å²) < 4.78 is 0. The molecule has 0 radical (unpaired) electrons. The Hall–Kier alpha value is -2.21. The van der Waals surface area contributed by atoms with Gasteiger partial charge in [0.05, 0.1) is 11.5 Å². The van der Waals surface area contributed by atoms with Crippen molar-refractivity contribution in [1.29, 1.82) is 5.26 Å². The van der Waals surface area contributed by atoms with E-state index in [1.54, 1.807) is 0 Å². The topological polar surface area (TPSA) is 49.6 Å². The van der Waals surface area contributed by atoms with Crippen molar-refractivity contribution < 1.29 is 0 Å². The van der Waals surface area contributed by atoms with Crippen LogP contribution in [0.25, 0.3) is 11.4 Å². The predicted octanol–water partition coefficient (Wildman–Crippen LogP) is 11.3. The minimum atomic E-state index is -0.0787. The third-order valence-electron chi connectivity index (χ3n) is 10.3. The fraction of sp³-hybridized carbons (Fsp3) is 0.703. The maximum atomic E-state index is 10.00. The number of unbranched alkanes of at least 4 members (excludes halogenated alkanes) is 8. The lowest BCUT2D eigenvalue weighted by Crippen LogP contribution is -2.25. The van der Waals surface area contributed by atoms with E-state index in [-0.39, 0.29) is 5.41 Å². The molecule has 2 fully saturated rings. The van der Waals surface area contributed by atoms with Crippen molar-refractivity contribution >= 4 is 0 Å². The summed E-state index contributed by atoms with van der Waals surface area (Å²) in [7, 11) is 0. The molecule has 2 saturated carbocycles. The zero-order valence-electron chi connectivity index (χ0n) is 25.7. The lowest BCUT2D eigenvalue weighted by molar-refractivity contribution is 0.223. The van der Waals surface area contributed by atoms with Crippen molar-refractivity contribution in [3.63, 3.8) is 0 Å². The number of hydrogen-bond acceptors (Lipinski definition) is 3. The first kappa shape index (κ1) is 30.7. The van der Waals surface area contributed by atoms with Crippen LogP contribution in [-0.2, 0) is 0 Å². The Morgan fingerprint density at radius 2 is 1.27 bits per heavy atom. The average molecular weight is 542 g/mol. The van der Waals surface area contributed by atoms with Crippen LogP contribution < -0.4 is 0 Å². The monoisotopic (exact) mass is 541 g/mol. The van der Waals surface area contributed by atoms with Crippen LogP contribution in [0.1, 0.15) is 165 Å². The summed E-state index contributed by atoms with van der Waals surface area (Å²) in [5.41, 5.74) is 3.77. The molecule has 1 aromatic carbocycles. The van der Waals surface area contributed by atoms with Crippen LogP contribution >= 0.6 is 0 Å². The minimum absolute atomic E-state index is 0.0787. The molecule has 2 aliphatic carbocycles. The van der Waals surface area contributed by atoms with E-state index in [0.29, 0.717) is 11.8 Å². The number of benzene rings is 1. The quantitative estimate of drug-likeness (QED) is 0.211. The number of hydrogen-bond donors (Lipinski definition) is 0. The van der Waals surface area contributed by atoms with Crippen LogP contribution in [-0.4, -0.2) is 9.97 Å². The zero-order chi connectivity index (χ0) is 28.0. The lowest BCUT2D eigenvalue weighted by atomic mass is 9.67. The standard InChI is InChI=1S/C37H55N3/c1-3-5-7-9-10-12-24-37(29-38)25-22-33(23-26-37)31-18-20-34(21-19-31)36-39-27-35(28-40-36)32-16-14-30(15-17-32)13-11-8-6-4-2/h18-21,27-28,30,32-33H,3-17,22-26H2,1-2H3/t30-,32-,33-,37-. The summed E-state index contributed by atoms with van der Waals surface area (Å²) in [6, 6.07) is 11.7. The third-order valence-corrected chi connectivity index (χ3v) is 10.3. The van der Waals surface area contributed by atoms with Crippen molar-refractivity contribution in [2.24, 2.45) is 11.3 Å². The van der Waals surface area contributed by atoms with Gasteiger partial charge in [0.2, 0.25) is 0 Å². The Morgan fingerprint density at radius 1 is 0.700 bits per heavy atom. The average Bonchev–Trinajstić information content (AvgIpc) is 3.02. The van der Waals surface area contributed by atoms with Crippen molar-refractivity contribution in [2.45, 2.75) is 154 Å². The normalized spacial score (nSPS) is 25.0. The Balaban J connectivity index is 1.22. The molecule has 0 saturated heterocycles. The van der Waals surface area contributed by atoms with E-state index in [0.717, 1.165) is 49.4 Å². The molecule has 3 nitrogen and oxygen atoms in total. The molecule has 2 aromatic rings. The number of nitriles is 1. The highest BCUT2D eigenvalue weighted by atomic mass is 14.9. The van der Waals surface area contributed by atoms with E-state index in [2.05, 4.69) is 56.6 Å². The molecule has 2 aliphatic rings. The Bertz CT molecular complexity index is 1000. The highest BCUT2D eigenvalue weighted by Crippen LogP contribution is 2.46. The van der Waals surface area contributed by atoms with Gasteiger partial charge in [-0.2, -0.15) is 5.26 Å². The second kappa shape index (κ2) is 16.3. The molecule has 40 heavy (non-hydrogen) atoms.